The van der Waals surface area contributed by atoms with Crippen LogP contribution in [0, 0.1) is 11.8 Å². The third-order valence-corrected chi connectivity index (χ3v) is 8.55. The van der Waals surface area contributed by atoms with Crippen molar-refractivity contribution in [2.75, 3.05) is 12.4 Å². The highest BCUT2D eigenvalue weighted by Crippen LogP contribution is 2.66. The van der Waals surface area contributed by atoms with Crippen molar-refractivity contribution in [1.29, 1.82) is 0 Å². The van der Waals surface area contributed by atoms with E-state index in [0.717, 1.165) is 23.3 Å². The summed E-state index contributed by atoms with van der Waals surface area (Å²) in [4.78, 5) is 12.8. The summed E-state index contributed by atoms with van der Waals surface area (Å²) in [5.41, 5.74) is 5.03. The van der Waals surface area contributed by atoms with E-state index in [1.54, 1.807) is 12.7 Å². The first kappa shape index (κ1) is 20.5. The summed E-state index contributed by atoms with van der Waals surface area (Å²) in [6.45, 7) is 0. The lowest BCUT2D eigenvalue weighted by molar-refractivity contribution is -0.0281. The summed E-state index contributed by atoms with van der Waals surface area (Å²) < 4.78 is 5.20. The molecule has 2 atom stereocenters. The summed E-state index contributed by atoms with van der Waals surface area (Å²) in [6.07, 6.45) is 7.94. The lowest BCUT2D eigenvalue weighted by Crippen LogP contribution is -2.55. The Labute approximate surface area is 196 Å². The Kier molecular flexibility index (Phi) is 4.83. The second kappa shape index (κ2) is 7.76. The van der Waals surface area contributed by atoms with Crippen LogP contribution in [-0.4, -0.2) is 13.0 Å². The first-order valence-corrected chi connectivity index (χ1v) is 12.2. The monoisotopic (exact) mass is 437 g/mol. The second-order valence-electron chi connectivity index (χ2n) is 10.6. The van der Waals surface area contributed by atoms with E-state index < -0.39 is 0 Å². The Morgan fingerprint density at radius 3 is 1.94 bits per heavy atom. The van der Waals surface area contributed by atoms with Gasteiger partial charge in [-0.05, 0) is 109 Å². The summed E-state index contributed by atoms with van der Waals surface area (Å²) in [6, 6.07) is 27.2. The van der Waals surface area contributed by atoms with Crippen molar-refractivity contribution in [3.63, 3.8) is 0 Å². The minimum Gasteiger partial charge on any atom is -0.497 e. The van der Waals surface area contributed by atoms with Crippen molar-refractivity contribution < 1.29 is 9.53 Å². The molecule has 0 aliphatic heterocycles. The Balaban J connectivity index is 1.25. The molecular formula is C30H31NO2. The number of anilines is 1. The van der Waals surface area contributed by atoms with Gasteiger partial charge in [-0.1, -0.05) is 42.5 Å². The third kappa shape index (κ3) is 3.55. The van der Waals surface area contributed by atoms with Gasteiger partial charge in [0.15, 0.2) is 0 Å². The van der Waals surface area contributed by atoms with Crippen molar-refractivity contribution in [2.24, 2.45) is 11.8 Å². The average molecular weight is 438 g/mol. The van der Waals surface area contributed by atoms with Crippen LogP contribution in [-0.2, 0) is 10.8 Å². The molecular weight excluding hydrogens is 406 g/mol. The molecule has 4 fully saturated rings. The fraction of sp³-hybridized carbons (Fsp3) is 0.367. The van der Waals surface area contributed by atoms with Gasteiger partial charge in [-0.3, -0.25) is 4.79 Å². The van der Waals surface area contributed by atoms with E-state index in [-0.39, 0.29) is 11.3 Å². The number of nitrogens with one attached hydrogen (secondary N) is 1. The molecule has 1 amide bonds. The Bertz CT molecular complexity index is 1140. The number of carbonyl (C=O) groups excluding carboxylic acids is 1. The van der Waals surface area contributed by atoms with Crippen LogP contribution in [0.4, 0.5) is 5.69 Å². The molecule has 3 nitrogen and oxygen atoms in total. The zero-order valence-corrected chi connectivity index (χ0v) is 19.2. The number of carbonyl (C=O) groups is 1. The van der Waals surface area contributed by atoms with Gasteiger partial charge in [0.25, 0.3) is 5.91 Å². The summed E-state index contributed by atoms with van der Waals surface area (Å²) in [5.74, 6) is 2.35. The van der Waals surface area contributed by atoms with Crippen molar-refractivity contribution in [3.05, 3.63) is 95.6 Å². The molecule has 4 aliphatic rings. The summed E-state index contributed by atoms with van der Waals surface area (Å²) in [5, 5.41) is 3.00. The number of ether oxygens (including phenoxy) is 1. The van der Waals surface area contributed by atoms with Crippen molar-refractivity contribution in [1.82, 2.24) is 0 Å². The van der Waals surface area contributed by atoms with E-state index in [0.29, 0.717) is 11.0 Å². The van der Waals surface area contributed by atoms with Gasteiger partial charge < -0.3 is 10.1 Å². The Hall–Kier alpha value is -3.07. The van der Waals surface area contributed by atoms with Crippen LogP contribution >= 0.6 is 0 Å². The largest absolute Gasteiger partial charge is 0.497 e. The van der Waals surface area contributed by atoms with Crippen molar-refractivity contribution in [3.8, 4) is 5.75 Å². The zero-order chi connectivity index (χ0) is 22.5. The first-order chi connectivity index (χ1) is 16.1. The zero-order valence-electron chi connectivity index (χ0n) is 19.2. The molecule has 168 valence electrons. The van der Waals surface area contributed by atoms with Gasteiger partial charge in [0, 0.05) is 11.3 Å². The van der Waals surface area contributed by atoms with Crippen LogP contribution in [0.1, 0.15) is 60.0 Å². The van der Waals surface area contributed by atoms with E-state index in [1.807, 2.05) is 36.4 Å². The van der Waals surface area contributed by atoms with Crippen molar-refractivity contribution in [2.45, 2.75) is 49.4 Å². The van der Waals surface area contributed by atoms with E-state index in [2.05, 4.69) is 47.8 Å². The molecule has 0 spiro atoms. The molecule has 7 rings (SSSR count). The number of amides is 1. The molecule has 3 aromatic carbocycles. The van der Waals surface area contributed by atoms with E-state index in [1.165, 1.54) is 44.1 Å². The predicted octanol–water partition coefficient (Wildman–Crippen LogP) is 6.74. The van der Waals surface area contributed by atoms with Gasteiger partial charge in [-0.2, -0.15) is 0 Å². The molecule has 0 radical (unpaired) electrons. The van der Waals surface area contributed by atoms with Crippen molar-refractivity contribution >= 4 is 11.6 Å². The van der Waals surface area contributed by atoms with Crippen LogP contribution < -0.4 is 10.1 Å². The van der Waals surface area contributed by atoms with Gasteiger partial charge in [0.05, 0.1) is 7.11 Å². The SMILES string of the molecule is COc1ccc(NC(=O)c2ccc(C34CC5CC(CC(c6ccccc6)(C5)C3)C4)cc2)cc1. The summed E-state index contributed by atoms with van der Waals surface area (Å²) in [7, 11) is 1.64. The number of benzene rings is 3. The standard InChI is InChI=1S/C30H31NO2/c1-33-27-13-11-26(12-14-27)31-28(32)23-7-9-25(10-8-23)30-18-21-15-22(19-30)17-29(16-21,20-30)24-5-3-2-4-6-24/h2-14,21-22H,15-20H2,1H3,(H,31,32). The number of hydrogen-bond acceptors (Lipinski definition) is 2. The molecule has 33 heavy (non-hydrogen) atoms. The number of methoxy groups -OCH3 is 1. The second-order valence-corrected chi connectivity index (χ2v) is 10.6. The van der Waals surface area contributed by atoms with Gasteiger partial charge in [0.1, 0.15) is 5.75 Å². The average Bonchev–Trinajstić information content (AvgIpc) is 2.84. The fourth-order valence-electron chi connectivity index (χ4n) is 7.58. The van der Waals surface area contributed by atoms with Crippen LogP contribution in [0.2, 0.25) is 0 Å². The molecule has 4 aliphatic carbocycles. The Morgan fingerprint density at radius 2 is 1.36 bits per heavy atom. The smallest absolute Gasteiger partial charge is 0.255 e. The molecule has 2 unspecified atom stereocenters. The van der Waals surface area contributed by atoms with E-state index in [4.69, 9.17) is 4.74 Å². The highest BCUT2D eigenvalue weighted by molar-refractivity contribution is 6.04. The minimum atomic E-state index is -0.0713. The molecule has 4 bridgehead atoms. The lowest BCUT2D eigenvalue weighted by Gasteiger charge is -2.62. The molecule has 1 N–H and O–H groups in total. The maximum atomic E-state index is 12.8. The van der Waals surface area contributed by atoms with Gasteiger partial charge in [0.2, 0.25) is 0 Å². The lowest BCUT2D eigenvalue weighted by atomic mass is 9.42. The quantitative estimate of drug-likeness (QED) is 0.480. The Morgan fingerprint density at radius 1 is 0.788 bits per heavy atom. The molecule has 4 saturated carbocycles. The molecule has 0 aromatic heterocycles. The minimum absolute atomic E-state index is 0.0713. The first-order valence-electron chi connectivity index (χ1n) is 12.2. The molecule has 0 saturated heterocycles. The van der Waals surface area contributed by atoms with Gasteiger partial charge >= 0.3 is 0 Å². The molecule has 3 aromatic rings. The number of hydrogen-bond donors (Lipinski definition) is 1. The fourth-order valence-corrected chi connectivity index (χ4v) is 7.58. The highest BCUT2D eigenvalue weighted by Gasteiger charge is 2.58. The van der Waals surface area contributed by atoms with Crippen LogP contribution in [0.15, 0.2) is 78.9 Å². The van der Waals surface area contributed by atoms with Gasteiger partial charge in [-0.15, -0.1) is 0 Å². The maximum absolute atomic E-state index is 12.8. The molecule has 3 heteroatoms. The highest BCUT2D eigenvalue weighted by atomic mass is 16.5. The van der Waals surface area contributed by atoms with E-state index >= 15 is 0 Å². The number of rotatable bonds is 5. The van der Waals surface area contributed by atoms with E-state index in [9.17, 15) is 4.79 Å². The third-order valence-electron chi connectivity index (χ3n) is 8.55. The normalized spacial score (nSPS) is 29.6. The van der Waals surface area contributed by atoms with Crippen LogP contribution in [0.3, 0.4) is 0 Å². The topological polar surface area (TPSA) is 38.3 Å². The predicted molar refractivity (Wildman–Crippen MR) is 132 cm³/mol. The molecule has 0 heterocycles. The van der Waals surface area contributed by atoms with Crippen LogP contribution in [0.25, 0.3) is 0 Å². The van der Waals surface area contributed by atoms with Crippen LogP contribution in [0.5, 0.6) is 5.75 Å². The summed E-state index contributed by atoms with van der Waals surface area (Å²) >= 11 is 0. The maximum Gasteiger partial charge on any atom is 0.255 e. The van der Waals surface area contributed by atoms with Gasteiger partial charge in [-0.25, -0.2) is 0 Å².